The molecule has 2 N–H and O–H groups in total. The van der Waals surface area contributed by atoms with Crippen LogP contribution in [-0.2, 0) is 25.7 Å². The number of ketones is 1. The first kappa shape index (κ1) is 28.1. The second kappa shape index (κ2) is 12.0. The summed E-state index contributed by atoms with van der Waals surface area (Å²) in [5, 5.41) is 4.72. The maximum atomic E-state index is 13.3. The van der Waals surface area contributed by atoms with Crippen LogP contribution in [-0.4, -0.2) is 59.4 Å². The Morgan fingerprint density at radius 1 is 1.00 bits per heavy atom. The average molecular weight is 500 g/mol. The fraction of sp³-hybridized carbons (Fsp3) is 0.583. The third-order valence-corrected chi connectivity index (χ3v) is 5.78. The van der Waals surface area contributed by atoms with E-state index in [1.165, 1.54) is 18.7 Å². The predicted octanol–water partition coefficient (Wildman–Crippen LogP) is 3.20. The third-order valence-electron chi connectivity index (χ3n) is 5.78. The first-order valence-electron chi connectivity index (χ1n) is 11.5. The lowest BCUT2D eigenvalue weighted by Gasteiger charge is -2.31. The highest BCUT2D eigenvalue weighted by atomic mass is 19.4. The van der Waals surface area contributed by atoms with Crippen molar-refractivity contribution in [1.29, 1.82) is 0 Å². The normalized spacial score (nSPS) is 17.7. The summed E-state index contributed by atoms with van der Waals surface area (Å²) in [6.45, 7) is 6.41. The summed E-state index contributed by atoms with van der Waals surface area (Å²) in [4.78, 5) is 51.4. The number of rotatable bonds is 9. The van der Waals surface area contributed by atoms with Crippen molar-refractivity contribution < 1.29 is 37.1 Å². The van der Waals surface area contributed by atoms with Crippen LogP contribution in [0.25, 0.3) is 0 Å². The van der Waals surface area contributed by atoms with Crippen molar-refractivity contribution in [1.82, 2.24) is 15.5 Å². The molecule has 0 saturated carbocycles. The van der Waals surface area contributed by atoms with Gasteiger partial charge in [-0.2, -0.15) is 13.2 Å². The average Bonchev–Trinajstić information content (AvgIpc) is 3.28. The molecule has 194 valence electrons. The molecule has 1 unspecified atom stereocenters. The van der Waals surface area contributed by atoms with Gasteiger partial charge in [0.15, 0.2) is 0 Å². The molecule has 0 aliphatic carbocycles. The molecule has 11 heteroatoms. The number of carbonyl (C=O) groups excluding carboxylic acids is 4. The SMILES string of the molecule is CC(C)C(NC(=O)[C@@H]1CCCN1C(=O)[C@@H](NC(=O)OCc1ccccc1)C(C)C)C(=O)C(F)(F)F. The minimum absolute atomic E-state index is 0.00422. The van der Waals surface area contributed by atoms with E-state index >= 15 is 0 Å². The van der Waals surface area contributed by atoms with Crippen LogP contribution in [0.5, 0.6) is 0 Å². The van der Waals surface area contributed by atoms with Gasteiger partial charge in [0.05, 0.1) is 6.04 Å². The maximum Gasteiger partial charge on any atom is 0.452 e. The van der Waals surface area contributed by atoms with E-state index in [2.05, 4.69) is 10.6 Å². The Bertz CT molecular complexity index is 905. The van der Waals surface area contributed by atoms with Gasteiger partial charge in [-0.15, -0.1) is 0 Å². The van der Waals surface area contributed by atoms with Crippen molar-refractivity contribution in [3.05, 3.63) is 35.9 Å². The number of nitrogens with one attached hydrogen (secondary N) is 2. The van der Waals surface area contributed by atoms with Gasteiger partial charge in [-0.1, -0.05) is 58.0 Å². The zero-order chi connectivity index (χ0) is 26.3. The molecule has 1 aromatic rings. The van der Waals surface area contributed by atoms with E-state index in [9.17, 15) is 32.3 Å². The second-order valence-corrected chi connectivity index (χ2v) is 9.21. The molecule has 1 aliphatic heterocycles. The summed E-state index contributed by atoms with van der Waals surface area (Å²) in [6.07, 6.45) is -5.23. The van der Waals surface area contributed by atoms with Gasteiger partial charge in [-0.25, -0.2) is 4.79 Å². The summed E-state index contributed by atoms with van der Waals surface area (Å²) in [6, 6.07) is 5.15. The van der Waals surface area contributed by atoms with Crippen LogP contribution >= 0.6 is 0 Å². The van der Waals surface area contributed by atoms with Crippen LogP contribution in [0, 0.1) is 11.8 Å². The van der Waals surface area contributed by atoms with Crippen LogP contribution in [0.1, 0.15) is 46.1 Å². The Morgan fingerprint density at radius 2 is 1.60 bits per heavy atom. The molecule has 1 aromatic carbocycles. The highest BCUT2D eigenvalue weighted by Gasteiger charge is 2.46. The zero-order valence-corrected chi connectivity index (χ0v) is 20.2. The summed E-state index contributed by atoms with van der Waals surface area (Å²) in [5.74, 6) is -4.58. The molecule has 1 saturated heterocycles. The van der Waals surface area contributed by atoms with E-state index in [4.69, 9.17) is 4.74 Å². The maximum absolute atomic E-state index is 13.3. The lowest BCUT2D eigenvalue weighted by Crippen LogP contribution is -2.58. The number of alkyl carbamates (subject to hydrolysis) is 1. The van der Waals surface area contributed by atoms with Crippen LogP contribution in [0.15, 0.2) is 30.3 Å². The minimum atomic E-state index is -5.10. The molecule has 1 heterocycles. The van der Waals surface area contributed by atoms with Crippen LogP contribution < -0.4 is 10.6 Å². The minimum Gasteiger partial charge on any atom is -0.445 e. The molecule has 8 nitrogen and oxygen atoms in total. The van der Waals surface area contributed by atoms with Gasteiger partial charge in [0.25, 0.3) is 5.78 Å². The molecule has 3 amide bonds. The van der Waals surface area contributed by atoms with E-state index in [1.807, 2.05) is 6.07 Å². The summed E-state index contributed by atoms with van der Waals surface area (Å²) in [5.41, 5.74) is 0.763. The van der Waals surface area contributed by atoms with E-state index in [0.717, 1.165) is 5.56 Å². The van der Waals surface area contributed by atoms with Crippen molar-refractivity contribution >= 4 is 23.7 Å². The van der Waals surface area contributed by atoms with Gasteiger partial charge in [0.1, 0.15) is 18.7 Å². The fourth-order valence-corrected chi connectivity index (χ4v) is 3.85. The Balaban J connectivity index is 2.07. The molecule has 35 heavy (non-hydrogen) atoms. The van der Waals surface area contributed by atoms with Gasteiger partial charge >= 0.3 is 12.3 Å². The molecule has 0 aromatic heterocycles. The van der Waals surface area contributed by atoms with Crippen LogP contribution in [0.2, 0.25) is 0 Å². The quantitative estimate of drug-likeness (QED) is 0.543. The number of Topliss-reactive ketones (excluding diaryl/α,β-unsaturated/α-hetero) is 1. The number of alkyl halides is 3. The Morgan fingerprint density at radius 3 is 2.14 bits per heavy atom. The Hall–Kier alpha value is -3.11. The Labute approximate surface area is 202 Å². The first-order valence-corrected chi connectivity index (χ1v) is 11.5. The molecule has 1 fully saturated rings. The predicted molar refractivity (Wildman–Crippen MR) is 121 cm³/mol. The van der Waals surface area contributed by atoms with Gasteiger partial charge in [-0.3, -0.25) is 14.4 Å². The molecule has 0 bridgehead atoms. The highest BCUT2D eigenvalue weighted by molar-refractivity contribution is 5.96. The number of amides is 3. The molecular weight excluding hydrogens is 467 g/mol. The van der Waals surface area contributed by atoms with Gasteiger partial charge in [0.2, 0.25) is 11.8 Å². The van der Waals surface area contributed by atoms with Crippen LogP contribution in [0.4, 0.5) is 18.0 Å². The number of benzene rings is 1. The molecule has 0 spiro atoms. The van der Waals surface area contributed by atoms with E-state index < -0.39 is 53.9 Å². The van der Waals surface area contributed by atoms with Crippen LogP contribution in [0.3, 0.4) is 0 Å². The summed E-state index contributed by atoms with van der Waals surface area (Å²) < 4.78 is 44.1. The molecular formula is C24H32F3N3O5. The third kappa shape index (κ3) is 7.69. The second-order valence-electron chi connectivity index (χ2n) is 9.21. The molecule has 2 rings (SSSR count). The van der Waals surface area contributed by atoms with Crippen molar-refractivity contribution in [2.24, 2.45) is 11.8 Å². The molecule has 1 aliphatic rings. The van der Waals surface area contributed by atoms with E-state index in [1.54, 1.807) is 38.1 Å². The number of ether oxygens (including phenoxy) is 1. The smallest absolute Gasteiger partial charge is 0.445 e. The van der Waals surface area contributed by atoms with Crippen molar-refractivity contribution in [2.75, 3.05) is 6.54 Å². The standard InChI is InChI=1S/C24H32F3N3O5/c1-14(2)18(20(31)24(25,26)27)28-21(32)17-11-8-12-30(17)22(33)19(15(3)4)29-23(34)35-13-16-9-6-5-7-10-16/h5-7,9-10,14-15,17-19H,8,11-13H2,1-4H3,(H,28,32)(H,29,34)/t17-,18?,19-/m0/s1. The lowest BCUT2D eigenvalue weighted by molar-refractivity contribution is -0.175. The van der Waals surface area contributed by atoms with Gasteiger partial charge in [-0.05, 0) is 30.2 Å². The number of halogens is 3. The number of likely N-dealkylation sites (tertiary alicyclic amines) is 1. The van der Waals surface area contributed by atoms with E-state index in [0.29, 0.717) is 6.42 Å². The molecule has 0 radical (unpaired) electrons. The first-order chi connectivity index (χ1) is 16.3. The van der Waals surface area contributed by atoms with Crippen molar-refractivity contribution in [2.45, 2.75) is 71.4 Å². The van der Waals surface area contributed by atoms with Crippen molar-refractivity contribution in [3.8, 4) is 0 Å². The van der Waals surface area contributed by atoms with Gasteiger partial charge in [0, 0.05) is 6.54 Å². The zero-order valence-electron chi connectivity index (χ0n) is 20.2. The van der Waals surface area contributed by atoms with Gasteiger partial charge < -0.3 is 20.3 Å². The van der Waals surface area contributed by atoms with Crippen molar-refractivity contribution in [3.63, 3.8) is 0 Å². The summed E-state index contributed by atoms with van der Waals surface area (Å²) in [7, 11) is 0. The number of carbonyl (C=O) groups is 4. The topological polar surface area (TPSA) is 105 Å². The number of hydrogen-bond donors (Lipinski definition) is 2. The Kier molecular flexibility index (Phi) is 9.67. The summed E-state index contributed by atoms with van der Waals surface area (Å²) >= 11 is 0. The monoisotopic (exact) mass is 499 g/mol. The number of hydrogen-bond acceptors (Lipinski definition) is 5. The highest BCUT2D eigenvalue weighted by Crippen LogP contribution is 2.24. The number of nitrogens with zero attached hydrogens (tertiary/aromatic N) is 1. The molecule has 3 atom stereocenters. The largest absolute Gasteiger partial charge is 0.452 e. The van der Waals surface area contributed by atoms with E-state index in [-0.39, 0.29) is 25.5 Å². The lowest BCUT2D eigenvalue weighted by atomic mass is 9.98. The fourth-order valence-electron chi connectivity index (χ4n) is 3.85.